The fourth-order valence-electron chi connectivity index (χ4n) is 6.70. The van der Waals surface area contributed by atoms with E-state index in [0.29, 0.717) is 35.7 Å². The number of halogens is 1. The number of aromatic hydroxyl groups is 1. The van der Waals surface area contributed by atoms with Crippen molar-refractivity contribution in [3.63, 3.8) is 0 Å². The first-order valence-electron chi connectivity index (χ1n) is 15.7. The minimum Gasteiger partial charge on any atom is -0.506 e. The van der Waals surface area contributed by atoms with Gasteiger partial charge < -0.3 is 20.5 Å². The first kappa shape index (κ1) is 33.3. The average molecular weight is 685 g/mol. The third-order valence-electron chi connectivity index (χ3n) is 8.88. The number of benzene rings is 4. The molecule has 10 heteroatoms. The van der Waals surface area contributed by atoms with Gasteiger partial charge in [-0.2, -0.15) is 0 Å². The molecule has 248 valence electrons. The molecule has 6 rings (SSSR count). The largest absolute Gasteiger partial charge is 0.506 e. The summed E-state index contributed by atoms with van der Waals surface area (Å²) >= 11 is 6.98. The number of fused-ring (bicyclic) bond motifs is 1. The van der Waals surface area contributed by atoms with Gasteiger partial charge in [0.15, 0.2) is 15.6 Å². The Morgan fingerprint density at radius 3 is 2.44 bits per heavy atom. The van der Waals surface area contributed by atoms with Crippen molar-refractivity contribution in [3.05, 3.63) is 130 Å². The van der Waals surface area contributed by atoms with E-state index in [1.807, 2.05) is 63.2 Å². The Morgan fingerprint density at radius 1 is 0.979 bits per heavy atom. The number of carbonyl (C=O) groups is 2. The van der Waals surface area contributed by atoms with E-state index in [1.54, 1.807) is 42.5 Å². The van der Waals surface area contributed by atoms with Crippen LogP contribution in [0.1, 0.15) is 60.1 Å². The lowest BCUT2D eigenvalue weighted by Gasteiger charge is -2.36. The van der Waals surface area contributed by atoms with Crippen LogP contribution in [0.2, 0.25) is 5.02 Å². The van der Waals surface area contributed by atoms with Gasteiger partial charge in [0, 0.05) is 34.3 Å². The van der Waals surface area contributed by atoms with E-state index in [1.165, 1.54) is 6.07 Å². The second-order valence-corrected chi connectivity index (χ2v) is 15.8. The summed E-state index contributed by atoms with van der Waals surface area (Å²) in [4.78, 5) is 27.5. The quantitative estimate of drug-likeness (QED) is 0.161. The summed E-state index contributed by atoms with van der Waals surface area (Å²) in [5.74, 6) is -2.60. The molecular formula is C38H37ClN2O6S. The Morgan fingerprint density at radius 2 is 1.71 bits per heavy atom. The zero-order valence-electron chi connectivity index (χ0n) is 26.9. The van der Waals surface area contributed by atoms with Crippen molar-refractivity contribution in [1.82, 2.24) is 0 Å². The van der Waals surface area contributed by atoms with Gasteiger partial charge in [-0.25, -0.2) is 8.42 Å². The Hall–Kier alpha value is -4.60. The molecular weight excluding hydrogens is 648 g/mol. The van der Waals surface area contributed by atoms with E-state index < -0.39 is 38.1 Å². The summed E-state index contributed by atoms with van der Waals surface area (Å²) in [5.41, 5.74) is 3.43. The van der Waals surface area contributed by atoms with Gasteiger partial charge in [0.05, 0.1) is 5.69 Å². The maximum atomic E-state index is 14.7. The summed E-state index contributed by atoms with van der Waals surface area (Å²) < 4.78 is 35.3. The van der Waals surface area contributed by atoms with E-state index in [-0.39, 0.29) is 39.8 Å². The van der Waals surface area contributed by atoms with Gasteiger partial charge in [-0.3, -0.25) is 9.59 Å². The summed E-state index contributed by atoms with van der Waals surface area (Å²) in [6.07, 6.45) is 0.609. The van der Waals surface area contributed by atoms with Crippen molar-refractivity contribution < 1.29 is 27.9 Å². The Balaban J connectivity index is 1.48. The predicted molar refractivity (Wildman–Crippen MR) is 188 cm³/mol. The monoisotopic (exact) mass is 684 g/mol. The molecule has 1 aliphatic heterocycles. The van der Waals surface area contributed by atoms with E-state index >= 15 is 0 Å². The van der Waals surface area contributed by atoms with E-state index in [4.69, 9.17) is 16.3 Å². The Labute approximate surface area is 285 Å². The highest BCUT2D eigenvalue weighted by atomic mass is 35.5. The number of ketones is 1. The number of phenols is 1. The number of amides is 1. The van der Waals surface area contributed by atoms with Crippen molar-refractivity contribution in [3.8, 4) is 11.5 Å². The molecule has 0 saturated heterocycles. The number of allylic oxidation sites excluding steroid dienone is 2. The van der Waals surface area contributed by atoms with Crippen molar-refractivity contribution in [2.75, 3.05) is 16.4 Å². The number of hydrogen-bond acceptors (Lipinski definition) is 7. The van der Waals surface area contributed by atoms with Crippen LogP contribution in [0.5, 0.6) is 11.5 Å². The minimum absolute atomic E-state index is 0.170. The van der Waals surface area contributed by atoms with Gasteiger partial charge in [0.1, 0.15) is 29.1 Å². The third-order valence-corrected chi connectivity index (χ3v) is 11.2. The number of aryl methyl sites for hydroxylation is 1. The Kier molecular flexibility index (Phi) is 9.11. The van der Waals surface area contributed by atoms with Crippen LogP contribution in [0.3, 0.4) is 0 Å². The van der Waals surface area contributed by atoms with E-state index in [0.717, 1.165) is 11.1 Å². The van der Waals surface area contributed by atoms with Crippen LogP contribution in [0, 0.1) is 12.3 Å². The second kappa shape index (κ2) is 13.1. The molecule has 1 aliphatic carbocycles. The molecule has 0 spiro atoms. The highest BCUT2D eigenvalue weighted by Crippen LogP contribution is 2.55. The topological polar surface area (TPSA) is 122 Å². The van der Waals surface area contributed by atoms with Crippen molar-refractivity contribution in [2.24, 2.45) is 5.41 Å². The second-order valence-electron chi connectivity index (χ2n) is 13.2. The Bertz CT molecular complexity index is 2040. The maximum absolute atomic E-state index is 14.7. The lowest BCUT2D eigenvalue weighted by atomic mass is 9.71. The molecule has 2 aliphatic rings. The number of Topliss-reactive ketones (excluding diaryl/α,β-unsaturated/α-hetero) is 1. The van der Waals surface area contributed by atoms with Crippen LogP contribution >= 0.6 is 11.6 Å². The van der Waals surface area contributed by atoms with Gasteiger partial charge in [0.2, 0.25) is 5.91 Å². The first-order valence-corrected chi connectivity index (χ1v) is 17.8. The van der Waals surface area contributed by atoms with Gasteiger partial charge in [-0.05, 0) is 65.3 Å². The van der Waals surface area contributed by atoms with Crippen molar-refractivity contribution >= 4 is 44.5 Å². The number of hydrogen-bond donors (Lipinski definition) is 3. The molecule has 1 amide bonds. The van der Waals surface area contributed by atoms with E-state index in [2.05, 4.69) is 10.6 Å². The standard InChI is InChI=1S/C38H37ClN2O6S/c1-23-10-7-8-14-29(23)40-33(44)22-48(45,46)37-27-13-9-15-31(42)36(27)41-30-19-38(2,3)20-32(43)35(30)34(37)26-17-16-25(18-28(26)39)47-21-24-11-5-4-6-12-24/h4-18,34,37,41-42H,19-22H2,1-3H3,(H,40,44). The number of rotatable bonds is 8. The molecule has 2 unspecified atom stereocenters. The molecule has 0 bridgehead atoms. The van der Waals surface area contributed by atoms with Gasteiger partial charge >= 0.3 is 0 Å². The minimum atomic E-state index is -4.38. The lowest BCUT2D eigenvalue weighted by Crippen LogP contribution is -2.34. The third kappa shape index (κ3) is 6.84. The number of nitrogens with one attached hydrogen (secondary N) is 2. The van der Waals surface area contributed by atoms with Crippen LogP contribution < -0.4 is 15.4 Å². The molecule has 8 nitrogen and oxygen atoms in total. The summed E-state index contributed by atoms with van der Waals surface area (Å²) in [7, 11) is -4.38. The van der Waals surface area contributed by atoms with Crippen LogP contribution in [0.25, 0.3) is 0 Å². The molecule has 1 heterocycles. The number of sulfone groups is 1. The maximum Gasteiger partial charge on any atom is 0.239 e. The smallest absolute Gasteiger partial charge is 0.239 e. The molecule has 4 aromatic rings. The normalized spacial score (nSPS) is 18.6. The highest BCUT2D eigenvalue weighted by molar-refractivity contribution is 7.92. The van der Waals surface area contributed by atoms with Crippen LogP contribution in [0.15, 0.2) is 102 Å². The zero-order valence-corrected chi connectivity index (χ0v) is 28.5. The molecule has 0 radical (unpaired) electrons. The van der Waals surface area contributed by atoms with Crippen LogP contribution in [-0.2, 0) is 26.0 Å². The highest BCUT2D eigenvalue weighted by Gasteiger charge is 2.48. The molecule has 0 aromatic heterocycles. The number of anilines is 2. The summed E-state index contributed by atoms with van der Waals surface area (Å²) in [5, 5.41) is 15.8. The number of phenolic OH excluding ortho intramolecular Hbond substituents is 1. The fraction of sp³-hybridized carbons (Fsp3) is 0.263. The SMILES string of the molecule is Cc1ccccc1NC(=O)CS(=O)(=O)C1c2cccc(O)c2NC2=C(C(=O)CC(C)(C)C2)C1c1ccc(OCc2ccccc2)cc1Cl. The number of para-hydroxylation sites is 2. The number of carbonyl (C=O) groups excluding carboxylic acids is 2. The molecule has 48 heavy (non-hydrogen) atoms. The van der Waals surface area contributed by atoms with Crippen LogP contribution in [0.4, 0.5) is 11.4 Å². The van der Waals surface area contributed by atoms with Crippen LogP contribution in [-0.4, -0.2) is 31.0 Å². The van der Waals surface area contributed by atoms with Gasteiger partial charge in [0.25, 0.3) is 0 Å². The predicted octanol–water partition coefficient (Wildman–Crippen LogP) is 7.88. The van der Waals surface area contributed by atoms with Gasteiger partial charge in [-0.1, -0.05) is 92.2 Å². The van der Waals surface area contributed by atoms with Crippen molar-refractivity contribution in [1.29, 1.82) is 0 Å². The first-order chi connectivity index (χ1) is 22.8. The fourth-order valence-corrected chi connectivity index (χ4v) is 8.89. The molecule has 3 N–H and O–H groups in total. The molecule has 0 saturated carbocycles. The molecule has 0 fully saturated rings. The molecule has 4 aromatic carbocycles. The van der Waals surface area contributed by atoms with Gasteiger partial charge in [-0.15, -0.1) is 0 Å². The summed E-state index contributed by atoms with van der Waals surface area (Å²) in [6, 6.07) is 26.4. The summed E-state index contributed by atoms with van der Waals surface area (Å²) in [6.45, 7) is 6.05. The van der Waals surface area contributed by atoms with Crippen molar-refractivity contribution in [2.45, 2.75) is 51.4 Å². The number of ether oxygens (including phenoxy) is 1. The zero-order chi connectivity index (χ0) is 34.2. The van der Waals surface area contributed by atoms with E-state index in [9.17, 15) is 23.1 Å². The average Bonchev–Trinajstić information content (AvgIpc) is 3.16. The lowest BCUT2D eigenvalue weighted by molar-refractivity contribution is -0.118. The molecule has 2 atom stereocenters.